The van der Waals surface area contributed by atoms with Gasteiger partial charge < -0.3 is 20.3 Å². The predicted molar refractivity (Wildman–Crippen MR) is 110 cm³/mol. The highest BCUT2D eigenvalue weighted by Crippen LogP contribution is 2.25. The lowest BCUT2D eigenvalue weighted by Gasteiger charge is -2.17. The number of quaternary nitrogens is 1. The summed E-state index contributed by atoms with van der Waals surface area (Å²) >= 11 is 0. The molecule has 0 aliphatic heterocycles. The van der Waals surface area contributed by atoms with Gasteiger partial charge in [0.2, 0.25) is 0 Å². The molecule has 0 fully saturated rings. The molecule has 6 nitrogen and oxygen atoms in total. The van der Waals surface area contributed by atoms with E-state index >= 15 is 0 Å². The smallest absolute Gasteiger partial charge is 0.279 e. The molecule has 28 heavy (non-hydrogen) atoms. The summed E-state index contributed by atoms with van der Waals surface area (Å²) in [7, 11) is 1.57. The number of para-hydroxylation sites is 2. The fourth-order valence-electron chi connectivity index (χ4n) is 3.56. The number of ether oxygens (including phenoxy) is 1. The van der Waals surface area contributed by atoms with Crippen LogP contribution in [-0.4, -0.2) is 38.6 Å². The van der Waals surface area contributed by atoms with Crippen LogP contribution in [0.1, 0.15) is 24.5 Å². The van der Waals surface area contributed by atoms with Crippen molar-refractivity contribution in [1.29, 1.82) is 0 Å². The van der Waals surface area contributed by atoms with Gasteiger partial charge in [0.15, 0.2) is 13.1 Å². The third-order valence-corrected chi connectivity index (χ3v) is 5.08. The van der Waals surface area contributed by atoms with Crippen LogP contribution < -0.4 is 20.3 Å². The van der Waals surface area contributed by atoms with Crippen molar-refractivity contribution in [3.05, 3.63) is 53.6 Å². The topological polar surface area (TPSA) is 71.9 Å². The zero-order chi connectivity index (χ0) is 19.9. The first-order chi connectivity index (χ1) is 13.6. The van der Waals surface area contributed by atoms with Gasteiger partial charge in [-0.3, -0.25) is 9.59 Å². The summed E-state index contributed by atoms with van der Waals surface area (Å²) in [6.07, 6.45) is 3.38. The first kappa shape index (κ1) is 19.9. The van der Waals surface area contributed by atoms with Gasteiger partial charge in [0.1, 0.15) is 5.75 Å². The molecule has 0 aromatic heterocycles. The molecule has 3 N–H and O–H groups in total. The number of amides is 2. The van der Waals surface area contributed by atoms with Crippen molar-refractivity contribution in [2.24, 2.45) is 0 Å². The minimum absolute atomic E-state index is 0.0834. The fourth-order valence-corrected chi connectivity index (χ4v) is 3.56. The van der Waals surface area contributed by atoms with E-state index in [9.17, 15) is 9.59 Å². The Morgan fingerprint density at radius 3 is 2.46 bits per heavy atom. The summed E-state index contributed by atoms with van der Waals surface area (Å²) in [6, 6.07) is 13.4. The maximum absolute atomic E-state index is 12.4. The Morgan fingerprint density at radius 1 is 1.00 bits per heavy atom. The van der Waals surface area contributed by atoms with Gasteiger partial charge in [-0.25, -0.2) is 0 Å². The molecule has 0 spiro atoms. The lowest BCUT2D eigenvalue weighted by molar-refractivity contribution is -0.881. The highest BCUT2D eigenvalue weighted by atomic mass is 16.5. The van der Waals surface area contributed by atoms with Crippen molar-refractivity contribution >= 4 is 23.2 Å². The number of aryl methyl sites for hydroxylation is 2. The molecule has 0 bridgehead atoms. The van der Waals surface area contributed by atoms with Crippen molar-refractivity contribution in [2.45, 2.75) is 26.2 Å². The predicted octanol–water partition coefficient (Wildman–Crippen LogP) is 1.67. The summed E-state index contributed by atoms with van der Waals surface area (Å²) in [6.45, 7) is 3.10. The molecule has 1 aliphatic carbocycles. The van der Waals surface area contributed by atoms with Crippen molar-refractivity contribution in [1.82, 2.24) is 0 Å². The van der Waals surface area contributed by atoms with E-state index in [0.29, 0.717) is 18.0 Å². The molecule has 1 atom stereocenters. The number of methoxy groups -OCH3 is 1. The third-order valence-electron chi connectivity index (χ3n) is 5.08. The molecular weight excluding hydrogens is 354 g/mol. The number of hydrogen-bond acceptors (Lipinski definition) is 3. The molecule has 148 valence electrons. The monoisotopic (exact) mass is 382 g/mol. The second-order valence-electron chi connectivity index (χ2n) is 7.09. The molecular formula is C22H28N3O3+. The van der Waals surface area contributed by atoms with Crippen LogP contribution in [0.4, 0.5) is 11.4 Å². The molecule has 2 aromatic carbocycles. The lowest BCUT2D eigenvalue weighted by atomic mass is 10.1. The Morgan fingerprint density at radius 2 is 1.71 bits per heavy atom. The second-order valence-corrected chi connectivity index (χ2v) is 7.09. The summed E-state index contributed by atoms with van der Waals surface area (Å²) in [4.78, 5) is 25.7. The minimum atomic E-state index is -0.147. The summed E-state index contributed by atoms with van der Waals surface area (Å²) < 4.78 is 5.25. The first-order valence-electron chi connectivity index (χ1n) is 9.77. The van der Waals surface area contributed by atoms with E-state index in [1.807, 2.05) is 25.1 Å². The third kappa shape index (κ3) is 5.10. The molecule has 2 amide bonds. The molecule has 6 heteroatoms. The van der Waals surface area contributed by atoms with Gasteiger partial charge in [0.05, 0.1) is 19.3 Å². The summed E-state index contributed by atoms with van der Waals surface area (Å²) in [5.41, 5.74) is 4.17. The highest BCUT2D eigenvalue weighted by Gasteiger charge is 2.18. The fraction of sp³-hybridized carbons (Fsp3) is 0.364. The van der Waals surface area contributed by atoms with Gasteiger partial charge in [-0.15, -0.1) is 0 Å². The number of hydrogen-bond donors (Lipinski definition) is 3. The average molecular weight is 382 g/mol. The van der Waals surface area contributed by atoms with Crippen LogP contribution in [0.3, 0.4) is 0 Å². The van der Waals surface area contributed by atoms with Gasteiger partial charge in [0, 0.05) is 5.69 Å². The number of carbonyl (C=O) groups is 2. The highest BCUT2D eigenvalue weighted by molar-refractivity contribution is 5.94. The largest absolute Gasteiger partial charge is 0.495 e. The molecule has 0 saturated heterocycles. The van der Waals surface area contributed by atoms with Crippen molar-refractivity contribution < 1.29 is 19.2 Å². The normalized spacial score (nSPS) is 13.5. The van der Waals surface area contributed by atoms with Crippen LogP contribution in [0.2, 0.25) is 0 Å². The Labute approximate surface area is 165 Å². The molecule has 0 heterocycles. The Kier molecular flexibility index (Phi) is 6.66. The quantitative estimate of drug-likeness (QED) is 0.650. The van der Waals surface area contributed by atoms with Gasteiger partial charge >= 0.3 is 0 Å². The van der Waals surface area contributed by atoms with Crippen molar-refractivity contribution in [3.63, 3.8) is 0 Å². The number of rotatable bonds is 8. The summed E-state index contributed by atoms with van der Waals surface area (Å²) in [5, 5.41) is 5.83. The molecule has 2 aromatic rings. The van der Waals surface area contributed by atoms with Crippen LogP contribution in [-0.2, 0) is 22.4 Å². The van der Waals surface area contributed by atoms with Crippen molar-refractivity contribution in [3.8, 4) is 5.75 Å². The van der Waals surface area contributed by atoms with E-state index in [2.05, 4.69) is 22.8 Å². The van der Waals surface area contributed by atoms with Gasteiger partial charge in [-0.05, 0) is 61.6 Å². The van der Waals surface area contributed by atoms with Crippen LogP contribution in [0.5, 0.6) is 5.75 Å². The average Bonchev–Trinajstić information content (AvgIpc) is 3.15. The zero-order valence-corrected chi connectivity index (χ0v) is 16.5. The first-order valence-corrected chi connectivity index (χ1v) is 9.77. The van der Waals surface area contributed by atoms with Gasteiger partial charge in [0.25, 0.3) is 11.8 Å². The minimum Gasteiger partial charge on any atom is -0.495 e. The number of anilines is 2. The molecule has 1 aliphatic rings. The number of carbonyl (C=O) groups excluding carboxylic acids is 2. The van der Waals surface area contributed by atoms with E-state index in [0.717, 1.165) is 23.4 Å². The van der Waals surface area contributed by atoms with Crippen LogP contribution in [0, 0.1) is 0 Å². The van der Waals surface area contributed by atoms with Crippen molar-refractivity contribution in [2.75, 3.05) is 37.4 Å². The SMILES string of the molecule is CC[NH+](CC(=O)Nc1ccc2c(c1)CCC2)CC(=O)Nc1ccccc1OC. The van der Waals surface area contributed by atoms with E-state index in [-0.39, 0.29) is 24.9 Å². The van der Waals surface area contributed by atoms with E-state index in [4.69, 9.17) is 4.74 Å². The number of nitrogens with one attached hydrogen (secondary N) is 3. The second kappa shape index (κ2) is 9.37. The molecule has 0 saturated carbocycles. The lowest BCUT2D eigenvalue weighted by Crippen LogP contribution is -3.13. The maximum Gasteiger partial charge on any atom is 0.279 e. The Balaban J connectivity index is 1.53. The van der Waals surface area contributed by atoms with E-state index in [1.165, 1.54) is 17.5 Å². The van der Waals surface area contributed by atoms with E-state index in [1.54, 1.807) is 19.2 Å². The Hall–Kier alpha value is -2.86. The maximum atomic E-state index is 12.4. The zero-order valence-electron chi connectivity index (χ0n) is 16.5. The number of benzene rings is 2. The standard InChI is InChI=1S/C22H27N3O3/c1-3-25(15-22(27)24-19-9-4-5-10-20(19)28-2)14-21(26)23-18-12-11-16-7-6-8-17(16)13-18/h4-5,9-13H,3,6-8,14-15H2,1-2H3,(H,23,26)(H,24,27)/p+1. The van der Waals surface area contributed by atoms with Gasteiger partial charge in [-0.1, -0.05) is 18.2 Å². The Bertz CT molecular complexity index is 851. The van der Waals surface area contributed by atoms with Gasteiger partial charge in [-0.2, -0.15) is 0 Å². The molecule has 0 radical (unpaired) electrons. The summed E-state index contributed by atoms with van der Waals surface area (Å²) in [5.74, 6) is 0.384. The number of likely N-dealkylation sites (N-methyl/N-ethyl adjacent to an activating group) is 1. The molecule has 1 unspecified atom stereocenters. The van der Waals surface area contributed by atoms with Crippen LogP contribution >= 0.6 is 0 Å². The van der Waals surface area contributed by atoms with Crippen LogP contribution in [0.25, 0.3) is 0 Å². The van der Waals surface area contributed by atoms with E-state index < -0.39 is 0 Å². The van der Waals surface area contributed by atoms with Crippen LogP contribution in [0.15, 0.2) is 42.5 Å². The number of fused-ring (bicyclic) bond motifs is 1. The molecule has 3 rings (SSSR count).